The highest BCUT2D eigenvalue weighted by Crippen LogP contribution is 2.38. The van der Waals surface area contributed by atoms with Gasteiger partial charge >= 0.3 is 6.09 Å². The van der Waals surface area contributed by atoms with E-state index >= 15 is 0 Å². The zero-order valence-electron chi connectivity index (χ0n) is 14.9. The summed E-state index contributed by atoms with van der Waals surface area (Å²) in [4.78, 5) is 13.9. The van der Waals surface area contributed by atoms with Gasteiger partial charge in [0, 0.05) is 25.2 Å². The van der Waals surface area contributed by atoms with Crippen LogP contribution < -0.4 is 0 Å². The van der Waals surface area contributed by atoms with Crippen molar-refractivity contribution in [1.82, 2.24) is 9.21 Å². The second kappa shape index (κ2) is 6.59. The third-order valence-corrected chi connectivity index (χ3v) is 6.77. The average Bonchev–Trinajstić information content (AvgIpc) is 2.43. The van der Waals surface area contributed by atoms with Gasteiger partial charge in [-0.15, -0.1) is 0 Å². The van der Waals surface area contributed by atoms with E-state index in [-0.39, 0.29) is 30.0 Å². The summed E-state index contributed by atoms with van der Waals surface area (Å²) in [7, 11) is -1.42. The van der Waals surface area contributed by atoms with Crippen LogP contribution in [0.15, 0.2) is 0 Å². The molecule has 0 aliphatic carbocycles. The van der Waals surface area contributed by atoms with Crippen molar-refractivity contribution < 1.29 is 17.9 Å². The van der Waals surface area contributed by atoms with Crippen molar-refractivity contribution in [3.63, 3.8) is 0 Å². The number of nitrogens with zero attached hydrogens (tertiary/aromatic N) is 2. The second-order valence-electron chi connectivity index (χ2n) is 7.69. The van der Waals surface area contributed by atoms with E-state index in [1.165, 1.54) is 0 Å². The predicted octanol–water partition coefficient (Wildman–Crippen LogP) is 2.59. The normalized spacial score (nSPS) is 29.2. The number of hydrogen-bond acceptors (Lipinski definition) is 4. The molecular formula is C16H30N2O4S. The monoisotopic (exact) mass is 346 g/mol. The van der Waals surface area contributed by atoms with Crippen LogP contribution in [0.3, 0.4) is 0 Å². The summed E-state index contributed by atoms with van der Waals surface area (Å²) in [6.07, 6.45) is 3.90. The van der Waals surface area contributed by atoms with Crippen LogP contribution in [0, 0.1) is 0 Å². The maximum absolute atomic E-state index is 12.4. The number of rotatable bonds is 3. The quantitative estimate of drug-likeness (QED) is 0.788. The molecule has 3 atom stereocenters. The molecule has 2 aliphatic heterocycles. The summed E-state index contributed by atoms with van der Waals surface area (Å²) >= 11 is 0. The first-order valence-electron chi connectivity index (χ1n) is 8.52. The molecule has 0 radical (unpaired) electrons. The highest BCUT2D eigenvalue weighted by Gasteiger charge is 2.45. The molecule has 2 saturated heterocycles. The molecule has 2 fully saturated rings. The molecule has 23 heavy (non-hydrogen) atoms. The summed E-state index contributed by atoms with van der Waals surface area (Å²) in [5.41, 5.74) is -0.520. The van der Waals surface area contributed by atoms with E-state index < -0.39 is 15.6 Å². The van der Waals surface area contributed by atoms with Gasteiger partial charge < -0.3 is 9.64 Å². The zero-order chi connectivity index (χ0) is 17.4. The minimum atomic E-state index is -3.18. The van der Waals surface area contributed by atoms with Crippen LogP contribution in [0.2, 0.25) is 0 Å². The molecule has 2 rings (SSSR count). The third kappa shape index (κ3) is 4.18. The van der Waals surface area contributed by atoms with E-state index in [0.717, 1.165) is 19.3 Å². The second-order valence-corrected chi connectivity index (χ2v) is 9.85. The molecule has 0 N–H and O–H groups in total. The van der Waals surface area contributed by atoms with Gasteiger partial charge in [-0.05, 0) is 53.4 Å². The number of fused-ring (bicyclic) bond motifs is 2. The molecule has 2 bridgehead atoms. The molecule has 0 aromatic rings. The Balaban J connectivity index is 2.11. The smallest absolute Gasteiger partial charge is 0.410 e. The molecule has 0 saturated carbocycles. The van der Waals surface area contributed by atoms with Crippen molar-refractivity contribution >= 4 is 16.1 Å². The standard InChI is InChI=1S/C16H30N2O4S/c1-6-23(20,21)18-12-8-7-9-13(18)11-14(10-12)17(5)15(19)22-16(2,3)4/h12-14H,6-11H2,1-5H3/t12-,13+,14?. The zero-order valence-corrected chi connectivity index (χ0v) is 15.7. The Bertz CT molecular complexity index is 527. The van der Waals surface area contributed by atoms with Crippen LogP contribution >= 0.6 is 0 Å². The SMILES string of the molecule is CCS(=O)(=O)N1[C@@H]2CCC[C@H]1CC(N(C)C(=O)OC(C)(C)C)C2. The Morgan fingerprint density at radius 3 is 2.17 bits per heavy atom. The number of carbonyl (C=O) groups is 1. The van der Waals surface area contributed by atoms with E-state index in [2.05, 4.69) is 0 Å². The van der Waals surface area contributed by atoms with E-state index in [4.69, 9.17) is 4.74 Å². The molecule has 6 nitrogen and oxygen atoms in total. The Kier molecular flexibility index (Phi) is 5.31. The van der Waals surface area contributed by atoms with Gasteiger partial charge in [-0.2, -0.15) is 4.31 Å². The van der Waals surface area contributed by atoms with Gasteiger partial charge in [0.25, 0.3) is 0 Å². The van der Waals surface area contributed by atoms with E-state index in [0.29, 0.717) is 12.8 Å². The molecule has 7 heteroatoms. The van der Waals surface area contributed by atoms with Gasteiger partial charge in [0.05, 0.1) is 5.75 Å². The van der Waals surface area contributed by atoms with Crippen molar-refractivity contribution in [3.8, 4) is 0 Å². The summed E-state index contributed by atoms with van der Waals surface area (Å²) < 4.78 is 32.0. The molecule has 2 aliphatic rings. The van der Waals surface area contributed by atoms with Gasteiger partial charge in [-0.25, -0.2) is 13.2 Å². The van der Waals surface area contributed by atoms with Crippen molar-refractivity contribution in [2.24, 2.45) is 0 Å². The maximum Gasteiger partial charge on any atom is 0.410 e. The molecule has 134 valence electrons. The Labute approximate surface area is 140 Å². The molecule has 1 unspecified atom stereocenters. The van der Waals surface area contributed by atoms with Crippen LogP contribution in [-0.4, -0.2) is 60.2 Å². The maximum atomic E-state index is 12.4. The van der Waals surface area contributed by atoms with Gasteiger partial charge in [-0.3, -0.25) is 0 Å². The predicted molar refractivity (Wildman–Crippen MR) is 89.7 cm³/mol. The molecule has 0 spiro atoms. The highest BCUT2D eigenvalue weighted by molar-refractivity contribution is 7.89. The fourth-order valence-electron chi connectivity index (χ4n) is 3.71. The third-order valence-electron chi connectivity index (χ3n) is 4.80. The van der Waals surface area contributed by atoms with Gasteiger partial charge in [0.1, 0.15) is 5.60 Å². The molecule has 0 aromatic heterocycles. The van der Waals surface area contributed by atoms with Crippen molar-refractivity contribution in [1.29, 1.82) is 0 Å². The first kappa shape index (κ1) is 18.5. The molecular weight excluding hydrogens is 316 g/mol. The van der Waals surface area contributed by atoms with Crippen LogP contribution in [-0.2, 0) is 14.8 Å². The van der Waals surface area contributed by atoms with E-state index in [1.54, 1.807) is 23.2 Å². The topological polar surface area (TPSA) is 66.9 Å². The van der Waals surface area contributed by atoms with Crippen LogP contribution in [0.1, 0.15) is 59.8 Å². The Morgan fingerprint density at radius 1 is 1.22 bits per heavy atom. The first-order valence-corrected chi connectivity index (χ1v) is 10.1. The number of amides is 1. The molecule has 1 amide bonds. The number of piperidine rings is 2. The number of carbonyl (C=O) groups excluding carboxylic acids is 1. The van der Waals surface area contributed by atoms with Crippen molar-refractivity contribution in [3.05, 3.63) is 0 Å². The fraction of sp³-hybridized carbons (Fsp3) is 0.938. The van der Waals surface area contributed by atoms with Crippen LogP contribution in [0.25, 0.3) is 0 Å². The average molecular weight is 346 g/mol. The lowest BCUT2D eigenvalue weighted by molar-refractivity contribution is 0.00412. The summed E-state index contributed by atoms with van der Waals surface area (Å²) in [5.74, 6) is 0.145. The van der Waals surface area contributed by atoms with Gasteiger partial charge in [-0.1, -0.05) is 6.42 Å². The number of hydrogen-bond donors (Lipinski definition) is 0. The minimum Gasteiger partial charge on any atom is -0.444 e. The van der Waals surface area contributed by atoms with Crippen LogP contribution in [0.4, 0.5) is 4.79 Å². The first-order chi connectivity index (χ1) is 10.5. The highest BCUT2D eigenvalue weighted by atomic mass is 32.2. The fourth-order valence-corrected chi connectivity index (χ4v) is 5.30. The lowest BCUT2D eigenvalue weighted by Crippen LogP contribution is -2.59. The largest absolute Gasteiger partial charge is 0.444 e. The molecule has 0 aromatic carbocycles. The van der Waals surface area contributed by atoms with Crippen molar-refractivity contribution in [2.45, 2.75) is 83.5 Å². The number of ether oxygens (including phenoxy) is 1. The lowest BCUT2D eigenvalue weighted by atomic mass is 9.83. The Morgan fingerprint density at radius 2 is 1.74 bits per heavy atom. The van der Waals surface area contributed by atoms with E-state index in [9.17, 15) is 13.2 Å². The van der Waals surface area contributed by atoms with Crippen LogP contribution in [0.5, 0.6) is 0 Å². The molecule has 2 heterocycles. The van der Waals surface area contributed by atoms with Crippen molar-refractivity contribution in [2.75, 3.05) is 12.8 Å². The van der Waals surface area contributed by atoms with Gasteiger partial charge in [0.15, 0.2) is 0 Å². The summed E-state index contributed by atoms with van der Waals surface area (Å²) in [5, 5.41) is 0. The number of sulfonamides is 1. The minimum absolute atomic E-state index is 0.0161. The lowest BCUT2D eigenvalue weighted by Gasteiger charge is -2.49. The summed E-state index contributed by atoms with van der Waals surface area (Å²) in [6, 6.07) is 0.0770. The Hall–Kier alpha value is -0.820. The van der Waals surface area contributed by atoms with Gasteiger partial charge in [0.2, 0.25) is 10.0 Å². The summed E-state index contributed by atoms with van der Waals surface area (Å²) in [6.45, 7) is 7.25. The van der Waals surface area contributed by atoms with E-state index in [1.807, 2.05) is 20.8 Å².